The average Bonchev–Trinajstić information content (AvgIpc) is 3.15. The summed E-state index contributed by atoms with van der Waals surface area (Å²) in [6, 6.07) is 6.67. The SMILES string of the molecule is CCNC(=NCc1ccc(CN2CCCC2=O)cc1)N1CCN(C(C)C(F)(F)F)CC1.I. The van der Waals surface area contributed by atoms with Crippen LogP contribution in [0, 0.1) is 0 Å². The van der Waals surface area contributed by atoms with Gasteiger partial charge in [-0.15, -0.1) is 24.0 Å². The summed E-state index contributed by atoms with van der Waals surface area (Å²) in [5.41, 5.74) is 2.15. The third-order valence-corrected chi connectivity index (χ3v) is 5.95. The van der Waals surface area contributed by atoms with Crippen LogP contribution in [0.4, 0.5) is 13.2 Å². The number of nitrogens with one attached hydrogen (secondary N) is 1. The lowest BCUT2D eigenvalue weighted by Gasteiger charge is -2.39. The van der Waals surface area contributed by atoms with Crippen molar-refractivity contribution in [3.63, 3.8) is 0 Å². The van der Waals surface area contributed by atoms with E-state index < -0.39 is 12.2 Å². The van der Waals surface area contributed by atoms with Crippen molar-refractivity contribution in [2.75, 3.05) is 39.3 Å². The number of guanidine groups is 1. The Morgan fingerprint density at radius 2 is 1.72 bits per heavy atom. The predicted octanol–water partition coefficient (Wildman–Crippen LogP) is 3.46. The van der Waals surface area contributed by atoms with Crippen LogP contribution in [0.3, 0.4) is 0 Å². The van der Waals surface area contributed by atoms with E-state index >= 15 is 0 Å². The first kappa shape index (κ1) is 26.7. The molecule has 1 amide bonds. The highest BCUT2D eigenvalue weighted by atomic mass is 127. The van der Waals surface area contributed by atoms with Gasteiger partial charge in [0.25, 0.3) is 0 Å². The number of hydrogen-bond donors (Lipinski definition) is 1. The zero-order valence-electron chi connectivity index (χ0n) is 18.7. The monoisotopic (exact) mass is 567 g/mol. The zero-order chi connectivity index (χ0) is 22.4. The van der Waals surface area contributed by atoms with Crippen molar-refractivity contribution in [3.8, 4) is 0 Å². The molecular formula is C22H33F3IN5O. The quantitative estimate of drug-likeness (QED) is 0.325. The highest BCUT2D eigenvalue weighted by Gasteiger charge is 2.41. The minimum atomic E-state index is -4.20. The Labute approximate surface area is 205 Å². The minimum absolute atomic E-state index is 0. The number of carbonyl (C=O) groups excluding carboxylic acids is 1. The lowest BCUT2D eigenvalue weighted by atomic mass is 10.1. The van der Waals surface area contributed by atoms with E-state index in [0.717, 1.165) is 30.1 Å². The Kier molecular flexibility index (Phi) is 10.1. The number of halogens is 4. The number of likely N-dealkylation sites (tertiary alicyclic amines) is 1. The molecule has 1 aromatic rings. The van der Waals surface area contributed by atoms with E-state index in [9.17, 15) is 18.0 Å². The van der Waals surface area contributed by atoms with Gasteiger partial charge >= 0.3 is 6.18 Å². The highest BCUT2D eigenvalue weighted by molar-refractivity contribution is 14.0. The molecule has 2 saturated heterocycles. The standard InChI is InChI=1S/C22H32F3N5O.HI/c1-3-26-21(29-13-11-28(12-14-29)17(2)22(23,24)25)27-15-18-6-8-19(9-7-18)16-30-10-4-5-20(30)31;/h6-9,17H,3-5,10-16H2,1-2H3,(H,26,27);1H. The summed E-state index contributed by atoms with van der Waals surface area (Å²) >= 11 is 0. The third kappa shape index (κ3) is 7.23. The van der Waals surface area contributed by atoms with Crippen LogP contribution in [0.25, 0.3) is 0 Å². The first-order valence-electron chi connectivity index (χ1n) is 11.0. The van der Waals surface area contributed by atoms with E-state index in [1.807, 2.05) is 41.0 Å². The molecule has 1 N–H and O–H groups in total. The summed E-state index contributed by atoms with van der Waals surface area (Å²) in [4.78, 5) is 21.9. The number of piperazine rings is 1. The highest BCUT2D eigenvalue weighted by Crippen LogP contribution is 2.25. The van der Waals surface area contributed by atoms with E-state index in [0.29, 0.717) is 52.2 Å². The van der Waals surface area contributed by atoms with Crippen LogP contribution >= 0.6 is 24.0 Å². The third-order valence-electron chi connectivity index (χ3n) is 5.95. The molecule has 0 saturated carbocycles. The molecule has 0 bridgehead atoms. The van der Waals surface area contributed by atoms with Crippen molar-refractivity contribution in [3.05, 3.63) is 35.4 Å². The second-order valence-corrected chi connectivity index (χ2v) is 8.15. The van der Waals surface area contributed by atoms with Gasteiger partial charge in [0.1, 0.15) is 6.04 Å². The van der Waals surface area contributed by atoms with Crippen molar-refractivity contribution >= 4 is 35.8 Å². The number of rotatable bonds is 6. The maximum absolute atomic E-state index is 13.0. The molecule has 32 heavy (non-hydrogen) atoms. The van der Waals surface area contributed by atoms with Gasteiger partial charge in [-0.2, -0.15) is 13.2 Å². The van der Waals surface area contributed by atoms with Crippen LogP contribution < -0.4 is 5.32 Å². The number of carbonyl (C=O) groups is 1. The van der Waals surface area contributed by atoms with Gasteiger partial charge in [-0.25, -0.2) is 4.99 Å². The molecule has 0 aromatic heterocycles. The van der Waals surface area contributed by atoms with Crippen LogP contribution in [0.1, 0.15) is 37.8 Å². The fourth-order valence-electron chi connectivity index (χ4n) is 3.96. The van der Waals surface area contributed by atoms with Crippen molar-refractivity contribution in [1.82, 2.24) is 20.0 Å². The smallest absolute Gasteiger partial charge is 0.357 e. The first-order valence-corrected chi connectivity index (χ1v) is 11.0. The predicted molar refractivity (Wildman–Crippen MR) is 130 cm³/mol. The summed E-state index contributed by atoms with van der Waals surface area (Å²) in [7, 11) is 0. The van der Waals surface area contributed by atoms with Crippen molar-refractivity contribution in [1.29, 1.82) is 0 Å². The molecular weight excluding hydrogens is 534 g/mol. The molecule has 2 aliphatic rings. The Bertz CT molecular complexity index is 764. The van der Waals surface area contributed by atoms with Crippen LogP contribution in [0.5, 0.6) is 0 Å². The topological polar surface area (TPSA) is 51.2 Å². The molecule has 0 aliphatic carbocycles. The largest absolute Gasteiger partial charge is 0.403 e. The molecule has 1 unspecified atom stereocenters. The second kappa shape index (κ2) is 12.1. The molecule has 6 nitrogen and oxygen atoms in total. The van der Waals surface area contributed by atoms with E-state index in [1.54, 1.807) is 0 Å². The Morgan fingerprint density at radius 3 is 2.25 bits per heavy atom. The fraction of sp³-hybridized carbons (Fsp3) is 0.636. The van der Waals surface area contributed by atoms with Crippen molar-refractivity contribution in [2.24, 2.45) is 4.99 Å². The van der Waals surface area contributed by atoms with Crippen LogP contribution in [0.2, 0.25) is 0 Å². The van der Waals surface area contributed by atoms with E-state index in [1.165, 1.54) is 11.8 Å². The Balaban J connectivity index is 0.00000363. The van der Waals surface area contributed by atoms with Gasteiger partial charge in [0.15, 0.2) is 5.96 Å². The molecule has 180 valence electrons. The number of alkyl halides is 3. The summed E-state index contributed by atoms with van der Waals surface area (Å²) < 4.78 is 38.9. The van der Waals surface area contributed by atoms with E-state index in [-0.39, 0.29) is 29.9 Å². The number of benzene rings is 1. The second-order valence-electron chi connectivity index (χ2n) is 8.15. The fourth-order valence-corrected chi connectivity index (χ4v) is 3.96. The van der Waals surface area contributed by atoms with Crippen LogP contribution in [-0.4, -0.2) is 78.1 Å². The van der Waals surface area contributed by atoms with Gasteiger partial charge < -0.3 is 15.1 Å². The normalized spacial score (nSPS) is 19.2. The van der Waals surface area contributed by atoms with Gasteiger partial charge in [-0.05, 0) is 31.4 Å². The molecule has 0 spiro atoms. The molecule has 10 heteroatoms. The van der Waals surface area contributed by atoms with Crippen LogP contribution in [-0.2, 0) is 17.9 Å². The van der Waals surface area contributed by atoms with E-state index in [2.05, 4.69) is 5.32 Å². The van der Waals surface area contributed by atoms with E-state index in [4.69, 9.17) is 4.99 Å². The van der Waals surface area contributed by atoms with Crippen molar-refractivity contribution < 1.29 is 18.0 Å². The maximum atomic E-state index is 13.0. The molecule has 1 aromatic carbocycles. The number of hydrogen-bond acceptors (Lipinski definition) is 3. The number of nitrogens with zero attached hydrogens (tertiary/aromatic N) is 4. The van der Waals surface area contributed by atoms with Gasteiger partial charge in [0.05, 0.1) is 6.54 Å². The lowest BCUT2D eigenvalue weighted by molar-refractivity contribution is -0.181. The van der Waals surface area contributed by atoms with Gasteiger partial charge in [-0.3, -0.25) is 9.69 Å². The van der Waals surface area contributed by atoms with Crippen molar-refractivity contribution in [2.45, 2.75) is 52.0 Å². The lowest BCUT2D eigenvalue weighted by Crippen LogP contribution is -2.56. The Morgan fingerprint density at radius 1 is 1.09 bits per heavy atom. The number of amides is 1. The average molecular weight is 567 g/mol. The Hall–Kier alpha value is -1.56. The molecule has 2 fully saturated rings. The zero-order valence-corrected chi connectivity index (χ0v) is 21.0. The molecule has 3 rings (SSSR count). The minimum Gasteiger partial charge on any atom is -0.357 e. The molecule has 2 heterocycles. The summed E-state index contributed by atoms with van der Waals surface area (Å²) in [6.45, 7) is 7.58. The summed E-state index contributed by atoms with van der Waals surface area (Å²) in [5, 5.41) is 3.25. The van der Waals surface area contributed by atoms with Crippen LogP contribution in [0.15, 0.2) is 29.3 Å². The molecule has 2 aliphatic heterocycles. The molecule has 1 atom stereocenters. The summed E-state index contributed by atoms with van der Waals surface area (Å²) in [5.74, 6) is 0.947. The molecule has 0 radical (unpaired) electrons. The van der Waals surface area contributed by atoms with Gasteiger partial charge in [0, 0.05) is 52.2 Å². The maximum Gasteiger partial charge on any atom is 0.403 e. The first-order chi connectivity index (χ1) is 14.8. The van der Waals surface area contributed by atoms with Gasteiger partial charge in [-0.1, -0.05) is 24.3 Å². The summed E-state index contributed by atoms with van der Waals surface area (Å²) in [6.07, 6.45) is -2.62. The van der Waals surface area contributed by atoms with Gasteiger partial charge in [0.2, 0.25) is 5.91 Å². The number of aliphatic imine (C=N–C) groups is 1.